The number of nitriles is 1. The van der Waals surface area contributed by atoms with Crippen LogP contribution in [0.3, 0.4) is 0 Å². The zero-order chi connectivity index (χ0) is 19.2. The number of benzene rings is 2. The van der Waals surface area contributed by atoms with Gasteiger partial charge in [-0.05, 0) is 54.6 Å². The molecule has 0 radical (unpaired) electrons. The Morgan fingerprint density at radius 2 is 1.67 bits per heavy atom. The van der Waals surface area contributed by atoms with E-state index in [1.807, 2.05) is 6.07 Å². The Morgan fingerprint density at radius 1 is 0.926 bits per heavy atom. The summed E-state index contributed by atoms with van der Waals surface area (Å²) in [6.45, 7) is 0. The summed E-state index contributed by atoms with van der Waals surface area (Å²) in [7, 11) is 0. The van der Waals surface area contributed by atoms with Crippen molar-refractivity contribution in [3.8, 4) is 6.07 Å². The number of amides is 2. The number of halogens is 1. The number of pyridine rings is 1. The zero-order valence-electron chi connectivity index (χ0n) is 13.9. The van der Waals surface area contributed by atoms with Gasteiger partial charge in [-0.25, -0.2) is 4.39 Å². The van der Waals surface area contributed by atoms with Crippen molar-refractivity contribution < 1.29 is 14.0 Å². The van der Waals surface area contributed by atoms with Gasteiger partial charge >= 0.3 is 0 Å². The SMILES string of the molecule is N#Cc1cccc(NC(=O)c2cc(C(=O)Nc3ccc(F)cc3)ccn2)c1. The maximum absolute atomic E-state index is 12.9. The lowest BCUT2D eigenvalue weighted by Crippen LogP contribution is -2.17. The third kappa shape index (κ3) is 4.52. The van der Waals surface area contributed by atoms with Gasteiger partial charge in [-0.2, -0.15) is 5.26 Å². The molecule has 0 spiro atoms. The molecule has 0 saturated carbocycles. The molecule has 0 bridgehead atoms. The fourth-order valence-corrected chi connectivity index (χ4v) is 2.29. The number of anilines is 2. The van der Waals surface area contributed by atoms with Crippen LogP contribution in [-0.4, -0.2) is 16.8 Å². The Labute approximate surface area is 154 Å². The van der Waals surface area contributed by atoms with Gasteiger partial charge in [0.1, 0.15) is 11.5 Å². The predicted molar refractivity (Wildman–Crippen MR) is 97.7 cm³/mol. The van der Waals surface area contributed by atoms with Crippen molar-refractivity contribution >= 4 is 23.2 Å². The Balaban J connectivity index is 1.74. The van der Waals surface area contributed by atoms with Crippen LogP contribution in [0, 0.1) is 17.1 Å². The average Bonchev–Trinajstić information content (AvgIpc) is 2.70. The Hall–Kier alpha value is -4.05. The van der Waals surface area contributed by atoms with Crippen LogP contribution in [0.4, 0.5) is 15.8 Å². The Bertz CT molecular complexity index is 1040. The molecule has 1 aromatic heterocycles. The van der Waals surface area contributed by atoms with Crippen molar-refractivity contribution in [2.45, 2.75) is 0 Å². The van der Waals surface area contributed by atoms with E-state index in [9.17, 15) is 14.0 Å². The van der Waals surface area contributed by atoms with E-state index in [2.05, 4.69) is 15.6 Å². The highest BCUT2D eigenvalue weighted by Gasteiger charge is 2.13. The highest BCUT2D eigenvalue weighted by atomic mass is 19.1. The first-order chi connectivity index (χ1) is 13.0. The van der Waals surface area contributed by atoms with Crippen LogP contribution >= 0.6 is 0 Å². The van der Waals surface area contributed by atoms with Crippen LogP contribution in [0.1, 0.15) is 26.4 Å². The standard InChI is InChI=1S/C20H13FN4O2/c21-15-4-6-16(7-5-15)24-19(26)14-8-9-23-18(11-14)20(27)25-17-3-1-2-13(10-17)12-22/h1-11H,(H,24,26)(H,25,27). The van der Waals surface area contributed by atoms with Crippen LogP contribution in [0.15, 0.2) is 66.9 Å². The Kier molecular flexibility index (Phi) is 5.19. The van der Waals surface area contributed by atoms with E-state index in [0.29, 0.717) is 16.9 Å². The smallest absolute Gasteiger partial charge is 0.274 e. The Morgan fingerprint density at radius 3 is 2.41 bits per heavy atom. The van der Waals surface area contributed by atoms with Crippen molar-refractivity contribution in [1.29, 1.82) is 5.26 Å². The summed E-state index contributed by atoms with van der Waals surface area (Å²) in [6, 6.07) is 16.6. The van der Waals surface area contributed by atoms with Crippen molar-refractivity contribution in [3.05, 3.63) is 89.5 Å². The maximum atomic E-state index is 12.9. The van der Waals surface area contributed by atoms with Gasteiger partial charge in [0.2, 0.25) is 0 Å². The number of carbonyl (C=O) groups is 2. The third-order valence-electron chi connectivity index (χ3n) is 3.61. The van der Waals surface area contributed by atoms with Gasteiger partial charge in [-0.15, -0.1) is 0 Å². The molecule has 3 aromatic rings. The van der Waals surface area contributed by atoms with Gasteiger partial charge in [0.15, 0.2) is 0 Å². The molecule has 2 N–H and O–H groups in total. The third-order valence-corrected chi connectivity index (χ3v) is 3.61. The number of hydrogen-bond donors (Lipinski definition) is 2. The maximum Gasteiger partial charge on any atom is 0.274 e. The summed E-state index contributed by atoms with van der Waals surface area (Å²) >= 11 is 0. The van der Waals surface area contributed by atoms with Crippen molar-refractivity contribution in [2.24, 2.45) is 0 Å². The van der Waals surface area contributed by atoms with Gasteiger partial charge in [-0.1, -0.05) is 6.07 Å². The number of aromatic nitrogens is 1. The molecule has 0 aliphatic rings. The number of hydrogen-bond acceptors (Lipinski definition) is 4. The minimum Gasteiger partial charge on any atom is -0.322 e. The molecule has 0 fully saturated rings. The van der Waals surface area contributed by atoms with E-state index in [-0.39, 0.29) is 11.3 Å². The molecule has 3 rings (SSSR count). The van der Waals surface area contributed by atoms with E-state index in [4.69, 9.17) is 5.26 Å². The molecular formula is C20H13FN4O2. The molecular weight excluding hydrogens is 347 g/mol. The van der Waals surface area contributed by atoms with Gasteiger partial charge in [0, 0.05) is 23.1 Å². The van der Waals surface area contributed by atoms with Gasteiger partial charge in [0.05, 0.1) is 11.6 Å². The topological polar surface area (TPSA) is 94.9 Å². The van der Waals surface area contributed by atoms with E-state index in [1.54, 1.807) is 18.2 Å². The molecule has 7 heteroatoms. The summed E-state index contributed by atoms with van der Waals surface area (Å²) in [5, 5.41) is 14.2. The van der Waals surface area contributed by atoms with Gasteiger partial charge < -0.3 is 10.6 Å². The summed E-state index contributed by atoms with van der Waals surface area (Å²) in [6.07, 6.45) is 1.35. The van der Waals surface area contributed by atoms with Crippen LogP contribution < -0.4 is 10.6 Å². The molecule has 1 heterocycles. The molecule has 0 aliphatic heterocycles. The van der Waals surface area contributed by atoms with Crippen LogP contribution in [0.2, 0.25) is 0 Å². The molecule has 6 nitrogen and oxygen atoms in total. The second kappa shape index (κ2) is 7.89. The lowest BCUT2D eigenvalue weighted by Gasteiger charge is -2.08. The molecule has 27 heavy (non-hydrogen) atoms. The molecule has 0 aliphatic carbocycles. The van der Waals surface area contributed by atoms with Gasteiger partial charge in [-0.3, -0.25) is 14.6 Å². The number of nitrogens with zero attached hydrogens (tertiary/aromatic N) is 2. The fraction of sp³-hybridized carbons (Fsp3) is 0. The number of nitrogens with one attached hydrogen (secondary N) is 2. The number of rotatable bonds is 4. The van der Waals surface area contributed by atoms with Crippen molar-refractivity contribution in [3.63, 3.8) is 0 Å². The molecule has 2 aromatic carbocycles. The molecule has 132 valence electrons. The van der Waals surface area contributed by atoms with E-state index >= 15 is 0 Å². The van der Waals surface area contributed by atoms with E-state index < -0.39 is 17.6 Å². The summed E-state index contributed by atoms with van der Waals surface area (Å²) in [4.78, 5) is 28.6. The molecule has 0 unspecified atom stereocenters. The summed E-state index contributed by atoms with van der Waals surface area (Å²) < 4.78 is 12.9. The van der Waals surface area contributed by atoms with Crippen LogP contribution in [-0.2, 0) is 0 Å². The largest absolute Gasteiger partial charge is 0.322 e. The highest BCUT2D eigenvalue weighted by molar-refractivity contribution is 6.07. The first-order valence-corrected chi connectivity index (χ1v) is 7.89. The van der Waals surface area contributed by atoms with E-state index in [1.165, 1.54) is 48.7 Å². The second-order valence-corrected chi connectivity index (χ2v) is 5.54. The lowest BCUT2D eigenvalue weighted by atomic mass is 10.2. The first-order valence-electron chi connectivity index (χ1n) is 7.89. The minimum absolute atomic E-state index is 0.0455. The lowest BCUT2D eigenvalue weighted by molar-refractivity contribution is 0.102. The normalized spacial score (nSPS) is 9.93. The number of carbonyl (C=O) groups excluding carboxylic acids is 2. The summed E-state index contributed by atoms with van der Waals surface area (Å²) in [5.41, 5.74) is 1.56. The second-order valence-electron chi connectivity index (χ2n) is 5.54. The highest BCUT2D eigenvalue weighted by Crippen LogP contribution is 2.13. The molecule has 0 atom stereocenters. The minimum atomic E-state index is -0.512. The van der Waals surface area contributed by atoms with Crippen LogP contribution in [0.25, 0.3) is 0 Å². The average molecular weight is 360 g/mol. The molecule has 2 amide bonds. The van der Waals surface area contributed by atoms with Crippen molar-refractivity contribution in [1.82, 2.24) is 4.98 Å². The predicted octanol–water partition coefficient (Wildman–Crippen LogP) is 3.60. The first kappa shape index (κ1) is 17.8. The molecule has 0 saturated heterocycles. The van der Waals surface area contributed by atoms with E-state index in [0.717, 1.165) is 0 Å². The van der Waals surface area contributed by atoms with Gasteiger partial charge in [0.25, 0.3) is 11.8 Å². The fourth-order valence-electron chi connectivity index (χ4n) is 2.29. The summed E-state index contributed by atoms with van der Waals surface area (Å²) in [5.74, 6) is -1.37. The quantitative estimate of drug-likeness (QED) is 0.743. The zero-order valence-corrected chi connectivity index (χ0v) is 13.9. The van der Waals surface area contributed by atoms with Crippen molar-refractivity contribution in [2.75, 3.05) is 10.6 Å². The van der Waals surface area contributed by atoms with Crippen LogP contribution in [0.5, 0.6) is 0 Å². The monoisotopic (exact) mass is 360 g/mol.